The zero-order chi connectivity index (χ0) is 9.84. The van der Waals surface area contributed by atoms with Gasteiger partial charge in [0.25, 0.3) is 0 Å². The normalized spacial score (nSPS) is 10.8. The molecule has 0 saturated heterocycles. The quantitative estimate of drug-likeness (QED) is 0.879. The Hall–Kier alpha value is -0.380. The standard InChI is InChI=1S/C10H15BrN2/c1-13(2)7-8-3-4-9(6-12)10(11)5-8/h3-5H,6-7,12H2,1-2H3. The first-order valence-electron chi connectivity index (χ1n) is 4.25. The van der Waals surface area contributed by atoms with Gasteiger partial charge in [0.15, 0.2) is 0 Å². The Balaban J connectivity index is 2.83. The fraction of sp³-hybridized carbons (Fsp3) is 0.400. The van der Waals surface area contributed by atoms with Crippen molar-refractivity contribution < 1.29 is 0 Å². The summed E-state index contributed by atoms with van der Waals surface area (Å²) < 4.78 is 1.11. The van der Waals surface area contributed by atoms with Crippen molar-refractivity contribution in [3.8, 4) is 0 Å². The molecule has 0 fully saturated rings. The van der Waals surface area contributed by atoms with E-state index in [1.165, 1.54) is 5.56 Å². The third-order valence-corrected chi connectivity index (χ3v) is 2.57. The summed E-state index contributed by atoms with van der Waals surface area (Å²) in [5.74, 6) is 0. The average molecular weight is 243 g/mol. The highest BCUT2D eigenvalue weighted by atomic mass is 79.9. The maximum absolute atomic E-state index is 5.56. The fourth-order valence-electron chi connectivity index (χ4n) is 1.22. The number of hydrogen-bond donors (Lipinski definition) is 1. The molecule has 0 unspecified atom stereocenters. The Morgan fingerprint density at radius 2 is 2.08 bits per heavy atom. The molecule has 1 rings (SSSR count). The van der Waals surface area contributed by atoms with E-state index in [0.717, 1.165) is 16.6 Å². The molecule has 0 amide bonds. The topological polar surface area (TPSA) is 29.3 Å². The molecule has 3 heteroatoms. The Morgan fingerprint density at radius 1 is 1.38 bits per heavy atom. The number of nitrogens with zero attached hydrogens (tertiary/aromatic N) is 1. The van der Waals surface area contributed by atoms with Crippen molar-refractivity contribution in [3.05, 3.63) is 33.8 Å². The van der Waals surface area contributed by atoms with Gasteiger partial charge in [-0.15, -0.1) is 0 Å². The molecule has 0 saturated carbocycles. The van der Waals surface area contributed by atoms with Crippen LogP contribution in [0.4, 0.5) is 0 Å². The van der Waals surface area contributed by atoms with E-state index < -0.39 is 0 Å². The molecule has 0 heterocycles. The van der Waals surface area contributed by atoms with Gasteiger partial charge >= 0.3 is 0 Å². The largest absolute Gasteiger partial charge is 0.326 e. The van der Waals surface area contributed by atoms with E-state index in [1.54, 1.807) is 0 Å². The van der Waals surface area contributed by atoms with Gasteiger partial charge in [0.1, 0.15) is 0 Å². The molecule has 13 heavy (non-hydrogen) atoms. The molecule has 0 aromatic heterocycles. The second-order valence-electron chi connectivity index (χ2n) is 3.37. The van der Waals surface area contributed by atoms with Crippen LogP contribution in [0.1, 0.15) is 11.1 Å². The van der Waals surface area contributed by atoms with Crippen LogP contribution in [-0.2, 0) is 13.1 Å². The second kappa shape index (κ2) is 4.74. The summed E-state index contributed by atoms with van der Waals surface area (Å²) in [4.78, 5) is 2.14. The minimum atomic E-state index is 0.586. The van der Waals surface area contributed by atoms with Crippen LogP contribution in [0, 0.1) is 0 Å². The van der Waals surface area contributed by atoms with Gasteiger partial charge in [-0.05, 0) is 31.3 Å². The van der Waals surface area contributed by atoms with Crippen LogP contribution in [0.5, 0.6) is 0 Å². The summed E-state index contributed by atoms with van der Waals surface area (Å²) in [7, 11) is 4.12. The molecule has 0 aliphatic carbocycles. The maximum Gasteiger partial charge on any atom is 0.0228 e. The summed E-state index contributed by atoms with van der Waals surface area (Å²) in [6.45, 7) is 1.55. The van der Waals surface area contributed by atoms with Crippen LogP contribution in [0.3, 0.4) is 0 Å². The third kappa shape index (κ3) is 3.10. The van der Waals surface area contributed by atoms with Gasteiger partial charge in [-0.25, -0.2) is 0 Å². The van der Waals surface area contributed by atoms with E-state index in [0.29, 0.717) is 6.54 Å². The van der Waals surface area contributed by atoms with Gasteiger partial charge in [-0.2, -0.15) is 0 Å². The molecular weight excluding hydrogens is 228 g/mol. The van der Waals surface area contributed by atoms with Gasteiger partial charge in [0, 0.05) is 17.6 Å². The predicted octanol–water partition coefficient (Wildman–Crippen LogP) is 1.97. The molecule has 0 aliphatic heterocycles. The Morgan fingerprint density at radius 3 is 2.54 bits per heavy atom. The summed E-state index contributed by atoms with van der Waals surface area (Å²) in [6.07, 6.45) is 0. The molecule has 0 aliphatic rings. The van der Waals surface area contributed by atoms with Gasteiger partial charge in [-0.3, -0.25) is 0 Å². The van der Waals surface area contributed by atoms with Crippen LogP contribution in [0.25, 0.3) is 0 Å². The minimum Gasteiger partial charge on any atom is -0.326 e. The second-order valence-corrected chi connectivity index (χ2v) is 4.22. The fourth-order valence-corrected chi connectivity index (χ4v) is 1.81. The average Bonchev–Trinajstić information content (AvgIpc) is 2.03. The first-order valence-corrected chi connectivity index (χ1v) is 5.05. The van der Waals surface area contributed by atoms with Crippen molar-refractivity contribution in [2.45, 2.75) is 13.1 Å². The van der Waals surface area contributed by atoms with Crippen molar-refractivity contribution in [2.24, 2.45) is 5.73 Å². The Bertz CT molecular complexity index is 284. The van der Waals surface area contributed by atoms with Crippen molar-refractivity contribution in [1.82, 2.24) is 4.90 Å². The molecule has 1 aromatic carbocycles. The minimum absolute atomic E-state index is 0.586. The summed E-state index contributed by atoms with van der Waals surface area (Å²) in [5.41, 5.74) is 8.02. The number of benzene rings is 1. The summed E-state index contributed by atoms with van der Waals surface area (Å²) >= 11 is 3.50. The Kier molecular flexibility index (Phi) is 3.90. The molecule has 2 nitrogen and oxygen atoms in total. The summed E-state index contributed by atoms with van der Waals surface area (Å²) in [6, 6.07) is 6.32. The van der Waals surface area contributed by atoms with E-state index in [-0.39, 0.29) is 0 Å². The number of hydrogen-bond acceptors (Lipinski definition) is 2. The van der Waals surface area contributed by atoms with E-state index in [4.69, 9.17) is 5.73 Å². The molecule has 1 aromatic rings. The van der Waals surface area contributed by atoms with Crippen LogP contribution < -0.4 is 5.73 Å². The monoisotopic (exact) mass is 242 g/mol. The van der Waals surface area contributed by atoms with E-state index in [9.17, 15) is 0 Å². The van der Waals surface area contributed by atoms with Crippen molar-refractivity contribution in [2.75, 3.05) is 14.1 Å². The molecule has 0 bridgehead atoms. The summed E-state index contributed by atoms with van der Waals surface area (Å²) in [5, 5.41) is 0. The maximum atomic E-state index is 5.56. The first-order chi connectivity index (χ1) is 6.13. The van der Waals surface area contributed by atoms with Crippen LogP contribution in [-0.4, -0.2) is 19.0 Å². The van der Waals surface area contributed by atoms with E-state index >= 15 is 0 Å². The lowest BCUT2D eigenvalue weighted by Crippen LogP contribution is -2.10. The molecule has 72 valence electrons. The SMILES string of the molecule is CN(C)Cc1ccc(CN)c(Br)c1. The molecule has 0 atom stereocenters. The molecule has 0 radical (unpaired) electrons. The van der Waals surface area contributed by atoms with Gasteiger partial charge < -0.3 is 10.6 Å². The van der Waals surface area contributed by atoms with Crippen molar-refractivity contribution in [3.63, 3.8) is 0 Å². The molecular formula is C10H15BrN2. The lowest BCUT2D eigenvalue weighted by Gasteiger charge is -2.10. The van der Waals surface area contributed by atoms with Crippen LogP contribution in [0.15, 0.2) is 22.7 Å². The highest BCUT2D eigenvalue weighted by Crippen LogP contribution is 2.18. The van der Waals surface area contributed by atoms with Gasteiger partial charge in [0.2, 0.25) is 0 Å². The van der Waals surface area contributed by atoms with Gasteiger partial charge in [-0.1, -0.05) is 28.1 Å². The zero-order valence-electron chi connectivity index (χ0n) is 8.05. The highest BCUT2D eigenvalue weighted by Gasteiger charge is 2.00. The van der Waals surface area contributed by atoms with Crippen LogP contribution >= 0.6 is 15.9 Å². The van der Waals surface area contributed by atoms with Gasteiger partial charge in [0.05, 0.1) is 0 Å². The van der Waals surface area contributed by atoms with E-state index in [2.05, 4.69) is 53.1 Å². The predicted molar refractivity (Wildman–Crippen MR) is 59.4 cm³/mol. The van der Waals surface area contributed by atoms with Crippen LogP contribution in [0.2, 0.25) is 0 Å². The number of rotatable bonds is 3. The smallest absolute Gasteiger partial charge is 0.0228 e. The zero-order valence-corrected chi connectivity index (χ0v) is 9.63. The van der Waals surface area contributed by atoms with E-state index in [1.807, 2.05) is 0 Å². The van der Waals surface area contributed by atoms with Crippen molar-refractivity contribution in [1.29, 1.82) is 0 Å². The first kappa shape index (κ1) is 10.7. The third-order valence-electron chi connectivity index (χ3n) is 1.84. The lowest BCUT2D eigenvalue weighted by atomic mass is 10.1. The van der Waals surface area contributed by atoms with Crippen molar-refractivity contribution >= 4 is 15.9 Å². The number of halogens is 1. The molecule has 0 spiro atoms. The molecule has 2 N–H and O–H groups in total. The Labute approximate surface area is 87.9 Å². The highest BCUT2D eigenvalue weighted by molar-refractivity contribution is 9.10. The number of nitrogens with two attached hydrogens (primary N) is 1. The lowest BCUT2D eigenvalue weighted by molar-refractivity contribution is 0.402.